The van der Waals surface area contributed by atoms with Gasteiger partial charge in [-0.05, 0) is 55.7 Å². The first-order chi connectivity index (χ1) is 13.8. The number of nitrogens with one attached hydrogen (secondary N) is 1. The van der Waals surface area contributed by atoms with Crippen molar-refractivity contribution in [1.82, 2.24) is 0 Å². The van der Waals surface area contributed by atoms with Crippen LogP contribution in [0.5, 0.6) is 5.75 Å². The van der Waals surface area contributed by atoms with Crippen molar-refractivity contribution in [3.63, 3.8) is 0 Å². The number of anilines is 1. The Kier molecular flexibility index (Phi) is 7.02. The maximum atomic E-state index is 12.9. The van der Waals surface area contributed by atoms with Crippen molar-refractivity contribution in [2.45, 2.75) is 44.9 Å². The SMILES string of the molecule is CC(CC(=O)O)c1ccc(NC(=O)C(C)(C)Oc2cc(C(F)(F)F)ccc2Cl)cc1. The summed E-state index contributed by atoms with van der Waals surface area (Å²) in [6.07, 6.45) is -4.60. The van der Waals surface area contributed by atoms with E-state index in [1.165, 1.54) is 13.8 Å². The molecule has 2 N–H and O–H groups in total. The van der Waals surface area contributed by atoms with Gasteiger partial charge in [-0.25, -0.2) is 0 Å². The molecule has 2 aromatic carbocycles. The second-order valence-electron chi connectivity index (χ2n) is 7.33. The van der Waals surface area contributed by atoms with E-state index in [0.717, 1.165) is 23.8 Å². The second-order valence-corrected chi connectivity index (χ2v) is 7.74. The monoisotopic (exact) mass is 443 g/mol. The van der Waals surface area contributed by atoms with E-state index in [2.05, 4.69) is 5.32 Å². The molecule has 2 rings (SSSR count). The number of ether oxygens (including phenoxy) is 1. The third kappa shape index (κ3) is 6.13. The van der Waals surface area contributed by atoms with Crippen LogP contribution in [0.1, 0.15) is 44.2 Å². The number of rotatable bonds is 7. The molecular weight excluding hydrogens is 423 g/mol. The number of carbonyl (C=O) groups excluding carboxylic acids is 1. The summed E-state index contributed by atoms with van der Waals surface area (Å²) in [7, 11) is 0. The van der Waals surface area contributed by atoms with Crippen molar-refractivity contribution in [2.75, 3.05) is 5.32 Å². The van der Waals surface area contributed by atoms with Crippen LogP contribution in [0.25, 0.3) is 0 Å². The van der Waals surface area contributed by atoms with Crippen LogP contribution in [0, 0.1) is 0 Å². The van der Waals surface area contributed by atoms with Crippen LogP contribution >= 0.6 is 11.6 Å². The van der Waals surface area contributed by atoms with Crippen molar-refractivity contribution in [3.05, 3.63) is 58.6 Å². The van der Waals surface area contributed by atoms with Crippen LogP contribution in [-0.4, -0.2) is 22.6 Å². The number of aliphatic carboxylic acids is 1. The molecule has 0 aliphatic rings. The van der Waals surface area contributed by atoms with Gasteiger partial charge in [0.15, 0.2) is 5.60 Å². The molecule has 0 saturated carbocycles. The van der Waals surface area contributed by atoms with Crippen molar-refractivity contribution < 1.29 is 32.6 Å². The number of hydrogen-bond acceptors (Lipinski definition) is 3. The maximum Gasteiger partial charge on any atom is 0.416 e. The Balaban J connectivity index is 2.12. The molecule has 0 heterocycles. The van der Waals surface area contributed by atoms with Gasteiger partial charge in [-0.3, -0.25) is 9.59 Å². The van der Waals surface area contributed by atoms with Crippen LogP contribution < -0.4 is 10.1 Å². The molecule has 0 bridgehead atoms. The minimum atomic E-state index is -4.57. The molecule has 0 aliphatic heterocycles. The lowest BCUT2D eigenvalue weighted by Crippen LogP contribution is -2.42. The smallest absolute Gasteiger partial charge is 0.416 e. The zero-order chi connectivity index (χ0) is 22.7. The van der Waals surface area contributed by atoms with E-state index in [1.54, 1.807) is 31.2 Å². The zero-order valence-electron chi connectivity index (χ0n) is 16.5. The largest absolute Gasteiger partial charge is 0.481 e. The van der Waals surface area contributed by atoms with Gasteiger partial charge >= 0.3 is 12.1 Å². The standard InChI is InChI=1S/C21H21ClF3NO4/c1-12(10-18(27)28)13-4-7-15(8-5-13)26-19(29)20(2,3)30-17-11-14(21(23,24)25)6-9-16(17)22/h4-9,11-12H,10H2,1-3H3,(H,26,29)(H,27,28). The predicted octanol–water partition coefficient (Wildman–Crippen LogP) is 5.73. The van der Waals surface area contributed by atoms with Crippen molar-refractivity contribution in [2.24, 2.45) is 0 Å². The Morgan fingerprint density at radius 1 is 1.13 bits per heavy atom. The molecule has 30 heavy (non-hydrogen) atoms. The normalized spacial score (nSPS) is 12.9. The first-order valence-electron chi connectivity index (χ1n) is 8.98. The molecule has 5 nitrogen and oxygen atoms in total. The first-order valence-corrected chi connectivity index (χ1v) is 9.36. The molecule has 1 amide bonds. The first kappa shape index (κ1) is 23.5. The predicted molar refractivity (Wildman–Crippen MR) is 107 cm³/mol. The van der Waals surface area contributed by atoms with E-state index in [1.807, 2.05) is 0 Å². The Bertz CT molecular complexity index is 927. The quantitative estimate of drug-likeness (QED) is 0.572. The van der Waals surface area contributed by atoms with Crippen molar-refractivity contribution in [3.8, 4) is 5.75 Å². The zero-order valence-corrected chi connectivity index (χ0v) is 17.3. The van der Waals surface area contributed by atoms with Crippen LogP contribution in [0.15, 0.2) is 42.5 Å². The minimum Gasteiger partial charge on any atom is -0.481 e. The number of amides is 1. The summed E-state index contributed by atoms with van der Waals surface area (Å²) in [6, 6.07) is 9.25. The second kappa shape index (κ2) is 8.95. The van der Waals surface area contributed by atoms with Gasteiger partial charge in [-0.1, -0.05) is 30.7 Å². The fraction of sp³-hybridized carbons (Fsp3) is 0.333. The highest BCUT2D eigenvalue weighted by Crippen LogP contribution is 2.36. The van der Waals surface area contributed by atoms with Gasteiger partial charge in [0, 0.05) is 5.69 Å². The highest BCUT2D eigenvalue weighted by molar-refractivity contribution is 6.32. The van der Waals surface area contributed by atoms with Gasteiger partial charge in [-0.2, -0.15) is 13.2 Å². The fourth-order valence-corrected chi connectivity index (χ4v) is 2.79. The van der Waals surface area contributed by atoms with Crippen LogP contribution in [0.2, 0.25) is 5.02 Å². The fourth-order valence-electron chi connectivity index (χ4n) is 2.64. The van der Waals surface area contributed by atoms with Crippen LogP contribution in [0.4, 0.5) is 18.9 Å². The van der Waals surface area contributed by atoms with Crippen LogP contribution in [-0.2, 0) is 15.8 Å². The average Bonchev–Trinajstić information content (AvgIpc) is 2.62. The number of carboxylic acids is 1. The summed E-state index contributed by atoms with van der Waals surface area (Å²) in [5.74, 6) is -1.96. The Hall–Kier alpha value is -2.74. The average molecular weight is 444 g/mol. The number of hydrogen-bond donors (Lipinski definition) is 2. The summed E-state index contributed by atoms with van der Waals surface area (Å²) in [6.45, 7) is 4.59. The van der Waals surface area contributed by atoms with Crippen molar-refractivity contribution in [1.29, 1.82) is 0 Å². The number of carbonyl (C=O) groups is 2. The number of carboxylic acid groups (broad SMARTS) is 1. The maximum absolute atomic E-state index is 12.9. The van der Waals surface area contributed by atoms with Gasteiger partial charge in [0.05, 0.1) is 17.0 Å². The summed E-state index contributed by atoms with van der Waals surface area (Å²) in [5, 5.41) is 11.4. The number of halogens is 4. The van der Waals surface area contributed by atoms with E-state index in [0.29, 0.717) is 5.69 Å². The van der Waals surface area contributed by atoms with Gasteiger partial charge in [-0.15, -0.1) is 0 Å². The van der Waals surface area contributed by atoms with E-state index < -0.39 is 29.2 Å². The molecule has 0 radical (unpaired) electrons. The molecule has 0 spiro atoms. The van der Waals surface area contributed by atoms with E-state index in [9.17, 15) is 22.8 Å². The minimum absolute atomic E-state index is 0.0235. The molecule has 0 saturated heterocycles. The third-order valence-corrected chi connectivity index (χ3v) is 4.70. The van der Waals surface area contributed by atoms with Gasteiger partial charge in [0.1, 0.15) is 5.75 Å². The van der Waals surface area contributed by atoms with Crippen molar-refractivity contribution >= 4 is 29.2 Å². The Labute approximate surface area is 176 Å². The molecule has 1 atom stereocenters. The van der Waals surface area contributed by atoms with E-state index in [4.69, 9.17) is 21.4 Å². The summed E-state index contributed by atoms with van der Waals surface area (Å²) >= 11 is 5.93. The molecule has 162 valence electrons. The topological polar surface area (TPSA) is 75.6 Å². The number of benzene rings is 2. The molecular formula is C21H21ClF3NO4. The van der Waals surface area contributed by atoms with E-state index in [-0.39, 0.29) is 23.1 Å². The summed E-state index contributed by atoms with van der Waals surface area (Å²) in [5.41, 5.74) is -1.24. The molecule has 0 fully saturated rings. The highest BCUT2D eigenvalue weighted by atomic mass is 35.5. The molecule has 0 aliphatic carbocycles. The lowest BCUT2D eigenvalue weighted by molar-refractivity contribution is -0.138. The molecule has 2 aromatic rings. The Morgan fingerprint density at radius 2 is 1.73 bits per heavy atom. The molecule has 0 aromatic heterocycles. The molecule has 9 heteroatoms. The molecule has 1 unspecified atom stereocenters. The third-order valence-electron chi connectivity index (χ3n) is 4.39. The van der Waals surface area contributed by atoms with Gasteiger partial charge < -0.3 is 15.2 Å². The number of alkyl halides is 3. The summed E-state index contributed by atoms with van der Waals surface area (Å²) in [4.78, 5) is 23.4. The summed E-state index contributed by atoms with van der Waals surface area (Å²) < 4.78 is 44.3. The highest BCUT2D eigenvalue weighted by Gasteiger charge is 2.34. The lowest BCUT2D eigenvalue weighted by atomic mass is 9.97. The van der Waals surface area contributed by atoms with Gasteiger partial charge in [0.25, 0.3) is 5.91 Å². The van der Waals surface area contributed by atoms with Crippen LogP contribution in [0.3, 0.4) is 0 Å². The Morgan fingerprint density at radius 3 is 2.27 bits per heavy atom. The van der Waals surface area contributed by atoms with E-state index >= 15 is 0 Å². The lowest BCUT2D eigenvalue weighted by Gasteiger charge is -2.26. The van der Waals surface area contributed by atoms with Gasteiger partial charge in [0.2, 0.25) is 0 Å².